The number of nitrogens with two attached hydrogens (primary N) is 1. The number of ether oxygens (including phenoxy) is 3. The minimum absolute atomic E-state index is 0.106. The van der Waals surface area contributed by atoms with Crippen molar-refractivity contribution in [2.24, 2.45) is 5.73 Å². The fourth-order valence-corrected chi connectivity index (χ4v) is 1.61. The minimum atomic E-state index is -0.106. The van der Waals surface area contributed by atoms with Gasteiger partial charge in [0.05, 0.1) is 25.8 Å². The number of hydrogen-bond acceptors (Lipinski definition) is 4. The fraction of sp³-hybridized carbons (Fsp3) is 0.400. The molecule has 14 heavy (non-hydrogen) atoms. The van der Waals surface area contributed by atoms with Gasteiger partial charge in [0.1, 0.15) is 23.9 Å². The third kappa shape index (κ3) is 1.28. The Bertz CT molecular complexity index is 351. The molecule has 0 aromatic heterocycles. The molecule has 0 radical (unpaired) electrons. The molecule has 0 saturated carbocycles. The van der Waals surface area contributed by atoms with Gasteiger partial charge in [-0.2, -0.15) is 0 Å². The Morgan fingerprint density at radius 2 is 2.14 bits per heavy atom. The van der Waals surface area contributed by atoms with E-state index < -0.39 is 0 Å². The van der Waals surface area contributed by atoms with E-state index in [1.807, 2.05) is 12.1 Å². The van der Waals surface area contributed by atoms with E-state index in [4.69, 9.17) is 19.9 Å². The van der Waals surface area contributed by atoms with Crippen molar-refractivity contribution in [2.75, 3.05) is 20.8 Å². The first kappa shape index (κ1) is 9.15. The summed E-state index contributed by atoms with van der Waals surface area (Å²) in [6, 6.07) is 3.53. The van der Waals surface area contributed by atoms with Gasteiger partial charge in [-0.1, -0.05) is 0 Å². The predicted molar refractivity (Wildman–Crippen MR) is 52.0 cm³/mol. The van der Waals surface area contributed by atoms with Crippen LogP contribution >= 0.6 is 0 Å². The van der Waals surface area contributed by atoms with E-state index in [9.17, 15) is 0 Å². The van der Waals surface area contributed by atoms with Gasteiger partial charge < -0.3 is 19.9 Å². The van der Waals surface area contributed by atoms with E-state index in [1.54, 1.807) is 14.2 Å². The summed E-state index contributed by atoms with van der Waals surface area (Å²) in [6.45, 7) is 0.499. The molecule has 1 heterocycles. The van der Waals surface area contributed by atoms with Crippen LogP contribution in [-0.4, -0.2) is 20.8 Å². The Labute approximate surface area is 82.6 Å². The number of hydrogen-bond donors (Lipinski definition) is 1. The van der Waals surface area contributed by atoms with E-state index in [0.29, 0.717) is 6.61 Å². The highest BCUT2D eigenvalue weighted by molar-refractivity contribution is 5.54. The lowest BCUT2D eigenvalue weighted by molar-refractivity contribution is 0.331. The zero-order valence-corrected chi connectivity index (χ0v) is 8.24. The Balaban J connectivity index is 2.52. The van der Waals surface area contributed by atoms with Gasteiger partial charge >= 0.3 is 0 Å². The van der Waals surface area contributed by atoms with Crippen molar-refractivity contribution in [2.45, 2.75) is 6.04 Å². The molecule has 1 aromatic carbocycles. The van der Waals surface area contributed by atoms with Crippen LogP contribution in [0.1, 0.15) is 11.6 Å². The Morgan fingerprint density at radius 1 is 1.36 bits per heavy atom. The topological polar surface area (TPSA) is 53.7 Å². The molecule has 76 valence electrons. The highest BCUT2D eigenvalue weighted by Crippen LogP contribution is 2.41. The molecule has 0 spiro atoms. The first-order chi connectivity index (χ1) is 6.76. The van der Waals surface area contributed by atoms with E-state index in [2.05, 4.69) is 0 Å². The van der Waals surface area contributed by atoms with Gasteiger partial charge in [0.2, 0.25) is 0 Å². The molecule has 4 heteroatoms. The fourth-order valence-electron chi connectivity index (χ4n) is 1.61. The van der Waals surface area contributed by atoms with Crippen LogP contribution in [0, 0.1) is 0 Å². The second kappa shape index (κ2) is 3.38. The minimum Gasteiger partial charge on any atom is -0.496 e. The molecule has 2 N–H and O–H groups in total. The summed E-state index contributed by atoms with van der Waals surface area (Å²) in [6.07, 6.45) is 0. The molecule has 1 atom stereocenters. The van der Waals surface area contributed by atoms with E-state index in [1.165, 1.54) is 0 Å². The molecule has 0 unspecified atom stereocenters. The first-order valence-electron chi connectivity index (χ1n) is 4.40. The first-order valence-corrected chi connectivity index (χ1v) is 4.40. The van der Waals surface area contributed by atoms with Crippen LogP contribution in [-0.2, 0) is 0 Å². The average Bonchev–Trinajstić information content (AvgIpc) is 2.59. The van der Waals surface area contributed by atoms with Crippen LogP contribution in [0.3, 0.4) is 0 Å². The van der Waals surface area contributed by atoms with Crippen molar-refractivity contribution < 1.29 is 14.2 Å². The number of benzene rings is 1. The summed E-state index contributed by atoms with van der Waals surface area (Å²) >= 11 is 0. The molecule has 1 aliphatic heterocycles. The predicted octanol–water partition coefficient (Wildman–Crippen LogP) is 1.10. The van der Waals surface area contributed by atoms with E-state index >= 15 is 0 Å². The molecule has 1 aliphatic rings. The SMILES string of the molecule is COc1cc(OC)c2c(c1)OC[C@@H]2N. The van der Waals surface area contributed by atoms with Gasteiger partial charge in [-0.25, -0.2) is 0 Å². The molecule has 0 fully saturated rings. The molecule has 0 aliphatic carbocycles. The maximum absolute atomic E-state index is 5.87. The van der Waals surface area contributed by atoms with Crippen molar-refractivity contribution in [3.8, 4) is 17.2 Å². The van der Waals surface area contributed by atoms with Crippen LogP contribution in [0.5, 0.6) is 17.2 Å². The summed E-state index contributed by atoms with van der Waals surface area (Å²) in [5.74, 6) is 2.20. The van der Waals surface area contributed by atoms with Gasteiger partial charge in [-0.15, -0.1) is 0 Å². The lowest BCUT2D eigenvalue weighted by atomic mass is 10.1. The Morgan fingerprint density at radius 3 is 2.79 bits per heavy atom. The van der Waals surface area contributed by atoms with Gasteiger partial charge in [0.25, 0.3) is 0 Å². The normalized spacial score (nSPS) is 18.6. The zero-order chi connectivity index (χ0) is 10.1. The molecular formula is C10H13NO3. The average molecular weight is 195 g/mol. The molecule has 0 bridgehead atoms. The Hall–Kier alpha value is -1.42. The second-order valence-corrected chi connectivity index (χ2v) is 3.16. The highest BCUT2D eigenvalue weighted by Gasteiger charge is 2.25. The monoisotopic (exact) mass is 195 g/mol. The molecule has 1 aromatic rings. The zero-order valence-electron chi connectivity index (χ0n) is 8.24. The van der Waals surface area contributed by atoms with Gasteiger partial charge in [-0.3, -0.25) is 0 Å². The molecule has 4 nitrogen and oxygen atoms in total. The number of methoxy groups -OCH3 is 2. The van der Waals surface area contributed by atoms with Crippen LogP contribution < -0.4 is 19.9 Å². The van der Waals surface area contributed by atoms with Gasteiger partial charge in [0, 0.05) is 12.1 Å². The van der Waals surface area contributed by atoms with Crippen molar-refractivity contribution in [1.82, 2.24) is 0 Å². The molecule has 0 saturated heterocycles. The standard InChI is InChI=1S/C10H13NO3/c1-12-6-3-8(13-2)10-7(11)5-14-9(10)4-6/h3-4,7H,5,11H2,1-2H3/t7-/m0/s1. The van der Waals surface area contributed by atoms with E-state index in [0.717, 1.165) is 22.8 Å². The molecule has 2 rings (SSSR count). The summed E-state index contributed by atoms with van der Waals surface area (Å²) in [4.78, 5) is 0. The van der Waals surface area contributed by atoms with Crippen LogP contribution in [0.25, 0.3) is 0 Å². The largest absolute Gasteiger partial charge is 0.496 e. The van der Waals surface area contributed by atoms with Gasteiger partial charge in [0.15, 0.2) is 0 Å². The molecule has 0 amide bonds. The third-order valence-corrected chi connectivity index (χ3v) is 2.32. The quantitative estimate of drug-likeness (QED) is 0.767. The van der Waals surface area contributed by atoms with Crippen LogP contribution in [0.15, 0.2) is 12.1 Å². The summed E-state index contributed by atoms with van der Waals surface area (Å²) < 4.78 is 15.8. The summed E-state index contributed by atoms with van der Waals surface area (Å²) in [5, 5.41) is 0. The summed E-state index contributed by atoms with van der Waals surface area (Å²) in [5.41, 5.74) is 6.79. The maximum Gasteiger partial charge on any atom is 0.131 e. The Kier molecular flexibility index (Phi) is 2.21. The van der Waals surface area contributed by atoms with Crippen LogP contribution in [0.4, 0.5) is 0 Å². The van der Waals surface area contributed by atoms with Crippen molar-refractivity contribution in [1.29, 1.82) is 0 Å². The lowest BCUT2D eigenvalue weighted by Gasteiger charge is -2.10. The smallest absolute Gasteiger partial charge is 0.131 e. The summed E-state index contributed by atoms with van der Waals surface area (Å²) in [7, 11) is 3.22. The lowest BCUT2D eigenvalue weighted by Crippen LogP contribution is -2.11. The highest BCUT2D eigenvalue weighted by atomic mass is 16.5. The second-order valence-electron chi connectivity index (χ2n) is 3.16. The van der Waals surface area contributed by atoms with Crippen molar-refractivity contribution >= 4 is 0 Å². The van der Waals surface area contributed by atoms with Crippen LogP contribution in [0.2, 0.25) is 0 Å². The van der Waals surface area contributed by atoms with Gasteiger partial charge in [-0.05, 0) is 0 Å². The third-order valence-electron chi connectivity index (χ3n) is 2.32. The van der Waals surface area contributed by atoms with E-state index in [-0.39, 0.29) is 6.04 Å². The maximum atomic E-state index is 5.87. The number of fused-ring (bicyclic) bond motifs is 1. The molecular weight excluding hydrogens is 182 g/mol. The van der Waals surface area contributed by atoms with Crippen molar-refractivity contribution in [3.05, 3.63) is 17.7 Å². The number of rotatable bonds is 2. The van der Waals surface area contributed by atoms with Crippen molar-refractivity contribution in [3.63, 3.8) is 0 Å².